The number of halogens is 3. The van der Waals surface area contributed by atoms with Crippen molar-refractivity contribution >= 4 is 52.4 Å². The quantitative estimate of drug-likeness (QED) is 0.386. The Balaban J connectivity index is 1.82. The van der Waals surface area contributed by atoms with Crippen LogP contribution in [0.25, 0.3) is 11.1 Å². The lowest BCUT2D eigenvalue weighted by atomic mass is 10.1. The Kier molecular flexibility index (Phi) is 7.10. The maximum Gasteiger partial charge on any atom is 0.315 e. The van der Waals surface area contributed by atoms with E-state index in [9.17, 15) is 9.59 Å². The number of ether oxygens (including phenoxy) is 2. The number of hydrogen-bond donors (Lipinski definition) is 1. The number of nitrogens with zero attached hydrogens (tertiary/aromatic N) is 2. The van der Waals surface area contributed by atoms with Crippen LogP contribution in [0.15, 0.2) is 48.5 Å². The molecule has 0 radical (unpaired) electrons. The molecule has 0 fully saturated rings. The molecule has 0 atom stereocenters. The molecule has 7 nitrogen and oxygen atoms in total. The van der Waals surface area contributed by atoms with Crippen LogP contribution in [0.3, 0.4) is 0 Å². The van der Waals surface area contributed by atoms with E-state index in [1.807, 2.05) is 30.3 Å². The Morgan fingerprint density at radius 1 is 1.00 bits per heavy atom. The smallest absolute Gasteiger partial charge is 0.315 e. The van der Waals surface area contributed by atoms with E-state index in [0.29, 0.717) is 11.3 Å². The molecule has 0 aliphatic rings. The van der Waals surface area contributed by atoms with Crippen molar-refractivity contribution in [1.29, 1.82) is 0 Å². The van der Waals surface area contributed by atoms with Gasteiger partial charge in [0.2, 0.25) is 11.8 Å². The zero-order valence-corrected chi connectivity index (χ0v) is 17.8. The normalized spacial score (nSPS) is 10.4. The number of hydrogen-bond acceptors (Lipinski definition) is 6. The van der Waals surface area contributed by atoms with E-state index in [1.165, 1.54) is 19.2 Å². The highest BCUT2D eigenvalue weighted by molar-refractivity contribution is 6.37. The van der Waals surface area contributed by atoms with Crippen molar-refractivity contribution in [2.45, 2.75) is 6.42 Å². The molecule has 0 aliphatic carbocycles. The largest absolute Gasteiger partial charge is 0.469 e. The lowest BCUT2D eigenvalue weighted by molar-refractivity contribution is -0.142. The summed E-state index contributed by atoms with van der Waals surface area (Å²) in [4.78, 5) is 23.0. The lowest BCUT2D eigenvalue weighted by Crippen LogP contribution is -2.17. The highest BCUT2D eigenvalue weighted by Crippen LogP contribution is 2.39. The molecular weight excluding hydrogens is 453 g/mol. The Labute approximate surface area is 186 Å². The highest BCUT2D eigenvalue weighted by atomic mass is 35.5. The SMILES string of the molecule is COC(=O)CC(=O)Nc1cc(Cl)c(Oc2cc(-c3ccccc3)c(Cl)nn2)c(Cl)c1. The predicted octanol–water partition coefficient (Wildman–Crippen LogP) is 5.40. The summed E-state index contributed by atoms with van der Waals surface area (Å²) < 4.78 is 10.2. The third-order valence-electron chi connectivity index (χ3n) is 3.83. The first-order chi connectivity index (χ1) is 14.4. The second-order valence-corrected chi connectivity index (χ2v) is 7.10. The maximum atomic E-state index is 11.8. The second kappa shape index (κ2) is 9.75. The minimum Gasteiger partial charge on any atom is -0.469 e. The molecule has 3 aromatic rings. The number of amides is 1. The molecule has 0 bridgehead atoms. The van der Waals surface area contributed by atoms with Gasteiger partial charge in [0, 0.05) is 17.3 Å². The number of aromatic nitrogens is 2. The van der Waals surface area contributed by atoms with Crippen LogP contribution >= 0.6 is 34.8 Å². The van der Waals surface area contributed by atoms with Crippen molar-refractivity contribution in [3.8, 4) is 22.8 Å². The van der Waals surface area contributed by atoms with Gasteiger partial charge in [-0.1, -0.05) is 65.1 Å². The number of carbonyl (C=O) groups excluding carboxylic acids is 2. The first kappa shape index (κ1) is 21.8. The van der Waals surface area contributed by atoms with Crippen LogP contribution in [0.4, 0.5) is 5.69 Å². The molecule has 30 heavy (non-hydrogen) atoms. The van der Waals surface area contributed by atoms with E-state index in [1.54, 1.807) is 6.07 Å². The molecule has 0 saturated carbocycles. The van der Waals surface area contributed by atoms with Gasteiger partial charge in [0.05, 0.1) is 17.2 Å². The standard InChI is InChI=1S/C20H14Cl3N3O4/c1-29-18(28)10-16(27)24-12-7-14(21)19(15(22)8-12)30-17-9-13(20(23)26-25-17)11-5-3-2-4-6-11/h2-9H,10H2,1H3,(H,24,27). The third kappa shape index (κ3) is 5.38. The van der Waals surface area contributed by atoms with Crippen LogP contribution < -0.4 is 10.1 Å². The van der Waals surface area contributed by atoms with Gasteiger partial charge in [-0.25, -0.2) is 0 Å². The van der Waals surface area contributed by atoms with Crippen LogP contribution in [-0.4, -0.2) is 29.2 Å². The number of nitrogens with one attached hydrogen (secondary N) is 1. The third-order valence-corrected chi connectivity index (χ3v) is 4.67. The summed E-state index contributed by atoms with van der Waals surface area (Å²) in [5, 5.41) is 10.8. The molecule has 154 valence electrons. The minimum absolute atomic E-state index is 0.119. The minimum atomic E-state index is -0.666. The summed E-state index contributed by atoms with van der Waals surface area (Å²) in [6.07, 6.45) is -0.438. The van der Waals surface area contributed by atoms with Gasteiger partial charge in [0.1, 0.15) is 6.42 Å². The van der Waals surface area contributed by atoms with Crippen LogP contribution in [-0.2, 0) is 14.3 Å². The Morgan fingerprint density at radius 3 is 2.30 bits per heavy atom. The fraction of sp³-hybridized carbons (Fsp3) is 0.100. The predicted molar refractivity (Wildman–Crippen MR) is 114 cm³/mol. The molecular formula is C20H14Cl3N3O4. The molecule has 3 rings (SSSR count). The zero-order chi connectivity index (χ0) is 21.7. The van der Waals surface area contributed by atoms with E-state index in [2.05, 4.69) is 20.3 Å². The molecule has 2 aromatic carbocycles. The molecule has 1 aromatic heterocycles. The van der Waals surface area contributed by atoms with Gasteiger partial charge in [-0.15, -0.1) is 10.2 Å². The summed E-state index contributed by atoms with van der Waals surface area (Å²) in [5.41, 5.74) is 1.75. The van der Waals surface area contributed by atoms with E-state index < -0.39 is 18.3 Å². The average molecular weight is 467 g/mol. The highest BCUT2D eigenvalue weighted by Gasteiger charge is 2.16. The number of rotatable bonds is 6. The van der Waals surface area contributed by atoms with Crippen molar-refractivity contribution < 1.29 is 19.1 Å². The van der Waals surface area contributed by atoms with E-state index in [-0.39, 0.29) is 26.8 Å². The first-order valence-electron chi connectivity index (χ1n) is 8.49. The zero-order valence-electron chi connectivity index (χ0n) is 15.5. The summed E-state index contributed by atoms with van der Waals surface area (Å²) in [5.74, 6) is -0.983. The number of benzene rings is 2. The maximum absolute atomic E-state index is 11.8. The lowest BCUT2D eigenvalue weighted by Gasteiger charge is -2.12. The summed E-state index contributed by atoms with van der Waals surface area (Å²) in [7, 11) is 1.19. The van der Waals surface area contributed by atoms with Crippen LogP contribution in [0.5, 0.6) is 11.6 Å². The fourth-order valence-corrected chi connectivity index (χ4v) is 3.24. The first-order valence-corrected chi connectivity index (χ1v) is 9.63. The number of methoxy groups -OCH3 is 1. The number of esters is 1. The van der Waals surface area contributed by atoms with Crippen molar-refractivity contribution in [3.63, 3.8) is 0 Å². The molecule has 0 saturated heterocycles. The monoisotopic (exact) mass is 465 g/mol. The fourth-order valence-electron chi connectivity index (χ4n) is 2.47. The van der Waals surface area contributed by atoms with Crippen molar-refractivity contribution in [2.24, 2.45) is 0 Å². The number of anilines is 1. The van der Waals surface area contributed by atoms with Crippen molar-refractivity contribution in [3.05, 3.63) is 63.7 Å². The Bertz CT molecular complexity index is 1070. The van der Waals surface area contributed by atoms with E-state index in [0.717, 1.165) is 5.56 Å². The number of carbonyl (C=O) groups is 2. The molecule has 1 amide bonds. The van der Waals surface area contributed by atoms with Crippen molar-refractivity contribution in [2.75, 3.05) is 12.4 Å². The van der Waals surface area contributed by atoms with Crippen LogP contribution in [0.2, 0.25) is 15.2 Å². The molecule has 10 heteroatoms. The van der Waals surface area contributed by atoms with Gasteiger partial charge < -0.3 is 14.8 Å². The van der Waals surface area contributed by atoms with Crippen molar-refractivity contribution in [1.82, 2.24) is 10.2 Å². The molecule has 1 N–H and O–H groups in total. The summed E-state index contributed by atoms with van der Waals surface area (Å²) in [6, 6.07) is 13.8. The summed E-state index contributed by atoms with van der Waals surface area (Å²) >= 11 is 18.7. The molecule has 0 spiro atoms. The topological polar surface area (TPSA) is 90.4 Å². The molecule has 0 aliphatic heterocycles. The van der Waals surface area contributed by atoms with Crippen LogP contribution in [0.1, 0.15) is 6.42 Å². The molecule has 0 unspecified atom stereocenters. The second-order valence-electron chi connectivity index (χ2n) is 5.93. The Morgan fingerprint density at radius 2 is 1.67 bits per heavy atom. The van der Waals surface area contributed by atoms with Gasteiger partial charge in [0.15, 0.2) is 10.9 Å². The van der Waals surface area contributed by atoms with Gasteiger partial charge in [-0.2, -0.15) is 0 Å². The van der Waals surface area contributed by atoms with Gasteiger partial charge in [-0.05, 0) is 17.7 Å². The van der Waals surface area contributed by atoms with E-state index in [4.69, 9.17) is 39.5 Å². The van der Waals surface area contributed by atoms with E-state index >= 15 is 0 Å². The molecule has 1 heterocycles. The van der Waals surface area contributed by atoms with Gasteiger partial charge >= 0.3 is 5.97 Å². The van der Waals surface area contributed by atoms with Gasteiger partial charge in [0.25, 0.3) is 0 Å². The average Bonchev–Trinajstić information content (AvgIpc) is 2.72. The Hall–Kier alpha value is -2.87. The van der Waals surface area contributed by atoms with Crippen LogP contribution in [0, 0.1) is 0 Å². The van der Waals surface area contributed by atoms with Gasteiger partial charge in [-0.3, -0.25) is 9.59 Å². The summed E-state index contributed by atoms with van der Waals surface area (Å²) in [6.45, 7) is 0.